The van der Waals surface area contributed by atoms with Crippen LogP contribution >= 0.6 is 0 Å². The van der Waals surface area contributed by atoms with Gasteiger partial charge in [0.05, 0.1) is 5.92 Å². The van der Waals surface area contributed by atoms with Gasteiger partial charge in [-0.3, -0.25) is 9.59 Å². The lowest BCUT2D eigenvalue weighted by atomic mass is 9.81. The van der Waals surface area contributed by atoms with Crippen LogP contribution in [0.2, 0.25) is 0 Å². The Balaban J connectivity index is 1.74. The average molecular weight is 253 g/mol. The van der Waals surface area contributed by atoms with Gasteiger partial charge in [0.1, 0.15) is 5.41 Å². The molecule has 0 aliphatic carbocycles. The number of nitrogens with zero attached hydrogens (tertiary/aromatic N) is 1. The van der Waals surface area contributed by atoms with E-state index < -0.39 is 11.4 Å². The van der Waals surface area contributed by atoms with Crippen LogP contribution in [0, 0.1) is 17.3 Å². The molecule has 0 aromatic carbocycles. The molecule has 3 fully saturated rings. The van der Waals surface area contributed by atoms with Crippen molar-refractivity contribution in [2.75, 3.05) is 39.3 Å². The van der Waals surface area contributed by atoms with Gasteiger partial charge in [-0.15, -0.1) is 0 Å². The van der Waals surface area contributed by atoms with Crippen molar-refractivity contribution in [3.05, 3.63) is 0 Å². The van der Waals surface area contributed by atoms with E-state index in [1.165, 1.54) is 0 Å². The second-order valence-corrected chi connectivity index (χ2v) is 5.70. The van der Waals surface area contributed by atoms with E-state index in [2.05, 4.69) is 10.6 Å². The van der Waals surface area contributed by atoms with Gasteiger partial charge in [-0.2, -0.15) is 0 Å². The third-order valence-electron chi connectivity index (χ3n) is 4.67. The Labute approximate surface area is 106 Å². The molecule has 6 nitrogen and oxygen atoms in total. The predicted molar refractivity (Wildman–Crippen MR) is 64.0 cm³/mol. The van der Waals surface area contributed by atoms with Gasteiger partial charge in [0.15, 0.2) is 0 Å². The van der Waals surface area contributed by atoms with E-state index in [1.807, 2.05) is 0 Å². The molecule has 3 saturated heterocycles. The van der Waals surface area contributed by atoms with Crippen molar-refractivity contribution in [1.29, 1.82) is 0 Å². The topological polar surface area (TPSA) is 81.7 Å². The molecule has 3 atom stereocenters. The highest BCUT2D eigenvalue weighted by molar-refractivity contribution is 5.83. The second-order valence-electron chi connectivity index (χ2n) is 5.70. The van der Waals surface area contributed by atoms with Crippen LogP contribution in [-0.2, 0) is 9.59 Å². The molecule has 1 unspecified atom stereocenters. The number of aliphatic carboxylic acids is 1. The van der Waals surface area contributed by atoms with Crippen LogP contribution in [0.4, 0.5) is 0 Å². The standard InChI is InChI=1S/C12H19N3O3/c16-10(8-1-2-13-3-8)15-5-9-4-14-6-12(9,7-15)11(17)18/h8-9,13-14H,1-7H2,(H,17,18)/t8?,9-,12-/m0/s1. The lowest BCUT2D eigenvalue weighted by molar-refractivity contribution is -0.148. The van der Waals surface area contributed by atoms with Crippen LogP contribution in [0.5, 0.6) is 0 Å². The summed E-state index contributed by atoms with van der Waals surface area (Å²) in [5.74, 6) is -0.525. The number of nitrogens with one attached hydrogen (secondary N) is 2. The third kappa shape index (κ3) is 1.63. The molecule has 0 bridgehead atoms. The first-order valence-electron chi connectivity index (χ1n) is 6.57. The van der Waals surface area contributed by atoms with Gasteiger partial charge in [0.25, 0.3) is 0 Å². The molecule has 0 radical (unpaired) electrons. The normalized spacial score (nSPS) is 39.0. The predicted octanol–water partition coefficient (Wildman–Crippen LogP) is -1.27. The quantitative estimate of drug-likeness (QED) is 0.571. The Morgan fingerprint density at radius 2 is 2.11 bits per heavy atom. The molecule has 18 heavy (non-hydrogen) atoms. The van der Waals surface area contributed by atoms with E-state index in [1.54, 1.807) is 4.90 Å². The molecule has 0 aromatic rings. The van der Waals surface area contributed by atoms with Crippen molar-refractivity contribution < 1.29 is 14.7 Å². The Kier molecular flexibility index (Phi) is 2.79. The minimum absolute atomic E-state index is 0.0441. The van der Waals surface area contributed by atoms with Crippen LogP contribution in [0.1, 0.15) is 6.42 Å². The molecular formula is C12H19N3O3. The summed E-state index contributed by atoms with van der Waals surface area (Å²) in [6.45, 7) is 3.78. The number of hydrogen-bond acceptors (Lipinski definition) is 4. The zero-order valence-electron chi connectivity index (χ0n) is 10.3. The summed E-state index contributed by atoms with van der Waals surface area (Å²) in [4.78, 5) is 25.6. The SMILES string of the molecule is O=C(C1CCNC1)N1C[C@@H]2CNC[C@]2(C(=O)O)C1. The summed E-state index contributed by atoms with van der Waals surface area (Å²) < 4.78 is 0. The van der Waals surface area contributed by atoms with E-state index in [9.17, 15) is 14.7 Å². The summed E-state index contributed by atoms with van der Waals surface area (Å²) in [6, 6.07) is 0. The zero-order chi connectivity index (χ0) is 12.8. The lowest BCUT2D eigenvalue weighted by Gasteiger charge is -2.24. The van der Waals surface area contributed by atoms with Crippen molar-refractivity contribution in [3.8, 4) is 0 Å². The summed E-state index contributed by atoms with van der Waals surface area (Å²) in [5.41, 5.74) is -0.748. The van der Waals surface area contributed by atoms with E-state index >= 15 is 0 Å². The maximum atomic E-state index is 12.3. The number of carboxylic acids is 1. The van der Waals surface area contributed by atoms with Gasteiger partial charge in [-0.05, 0) is 13.0 Å². The van der Waals surface area contributed by atoms with Crippen molar-refractivity contribution >= 4 is 11.9 Å². The van der Waals surface area contributed by atoms with Crippen molar-refractivity contribution in [2.24, 2.45) is 17.3 Å². The molecule has 3 rings (SSSR count). The summed E-state index contributed by atoms with van der Waals surface area (Å²) in [6.07, 6.45) is 0.873. The summed E-state index contributed by atoms with van der Waals surface area (Å²) >= 11 is 0. The average Bonchev–Trinajstić information content (AvgIpc) is 3.03. The van der Waals surface area contributed by atoms with Gasteiger partial charge in [0, 0.05) is 38.6 Å². The fourth-order valence-electron chi connectivity index (χ4n) is 3.51. The van der Waals surface area contributed by atoms with Crippen LogP contribution < -0.4 is 10.6 Å². The number of amides is 1. The highest BCUT2D eigenvalue weighted by atomic mass is 16.4. The van der Waals surface area contributed by atoms with E-state index in [-0.39, 0.29) is 17.7 Å². The molecule has 3 aliphatic rings. The fourth-order valence-corrected chi connectivity index (χ4v) is 3.51. The van der Waals surface area contributed by atoms with Crippen LogP contribution in [0.25, 0.3) is 0 Å². The van der Waals surface area contributed by atoms with Gasteiger partial charge < -0.3 is 20.6 Å². The molecule has 0 saturated carbocycles. The largest absolute Gasteiger partial charge is 0.481 e. The molecule has 100 valence electrons. The fraction of sp³-hybridized carbons (Fsp3) is 0.833. The number of carboxylic acid groups (broad SMARTS) is 1. The van der Waals surface area contributed by atoms with Crippen LogP contribution in [0.3, 0.4) is 0 Å². The Hall–Kier alpha value is -1.14. The number of carbonyl (C=O) groups excluding carboxylic acids is 1. The number of likely N-dealkylation sites (tertiary alicyclic amines) is 1. The van der Waals surface area contributed by atoms with E-state index in [0.717, 1.165) is 19.5 Å². The van der Waals surface area contributed by atoms with Gasteiger partial charge in [-0.1, -0.05) is 0 Å². The van der Waals surface area contributed by atoms with Gasteiger partial charge in [0.2, 0.25) is 5.91 Å². The Bertz CT molecular complexity index is 381. The number of hydrogen-bond donors (Lipinski definition) is 3. The van der Waals surface area contributed by atoms with E-state index in [0.29, 0.717) is 26.2 Å². The lowest BCUT2D eigenvalue weighted by Crippen LogP contribution is -2.42. The first-order chi connectivity index (χ1) is 8.63. The Morgan fingerprint density at radius 3 is 2.72 bits per heavy atom. The number of fused-ring (bicyclic) bond motifs is 1. The molecule has 3 N–H and O–H groups in total. The number of rotatable bonds is 2. The first-order valence-corrected chi connectivity index (χ1v) is 6.57. The van der Waals surface area contributed by atoms with Crippen molar-refractivity contribution in [1.82, 2.24) is 15.5 Å². The maximum Gasteiger partial charge on any atom is 0.313 e. The van der Waals surface area contributed by atoms with Crippen molar-refractivity contribution in [2.45, 2.75) is 6.42 Å². The minimum Gasteiger partial charge on any atom is -0.481 e. The highest BCUT2D eigenvalue weighted by Crippen LogP contribution is 2.39. The minimum atomic E-state index is -0.766. The van der Waals surface area contributed by atoms with Gasteiger partial charge in [-0.25, -0.2) is 0 Å². The third-order valence-corrected chi connectivity index (χ3v) is 4.67. The molecule has 0 spiro atoms. The number of carbonyl (C=O) groups is 2. The highest BCUT2D eigenvalue weighted by Gasteiger charge is 2.56. The molecular weight excluding hydrogens is 234 g/mol. The van der Waals surface area contributed by atoms with E-state index in [4.69, 9.17) is 0 Å². The second kappa shape index (κ2) is 4.20. The molecule has 6 heteroatoms. The van der Waals surface area contributed by atoms with Crippen molar-refractivity contribution in [3.63, 3.8) is 0 Å². The molecule has 0 aromatic heterocycles. The molecule has 3 aliphatic heterocycles. The molecule has 3 heterocycles. The van der Waals surface area contributed by atoms with Crippen LogP contribution in [-0.4, -0.2) is 61.2 Å². The Morgan fingerprint density at radius 1 is 1.28 bits per heavy atom. The van der Waals surface area contributed by atoms with Crippen LogP contribution in [0.15, 0.2) is 0 Å². The first kappa shape index (κ1) is 11.9. The molecule has 1 amide bonds. The maximum absolute atomic E-state index is 12.3. The zero-order valence-corrected chi connectivity index (χ0v) is 10.3. The van der Waals surface area contributed by atoms with Gasteiger partial charge >= 0.3 is 5.97 Å². The summed E-state index contributed by atoms with van der Waals surface area (Å²) in [5, 5.41) is 15.8. The monoisotopic (exact) mass is 253 g/mol. The smallest absolute Gasteiger partial charge is 0.313 e. The summed E-state index contributed by atoms with van der Waals surface area (Å²) in [7, 11) is 0.